The number of aromatic nitrogens is 2. The van der Waals surface area contributed by atoms with Crippen molar-refractivity contribution in [3.05, 3.63) is 54.6 Å². The van der Waals surface area contributed by atoms with Crippen molar-refractivity contribution in [1.82, 2.24) is 24.7 Å². The molecule has 6 nitrogen and oxygen atoms in total. The first-order valence-corrected chi connectivity index (χ1v) is 8.56. The molecule has 1 N–H and O–H groups in total. The SMILES string of the molecule is O=C(NCCn1ccnc1)N1CCCN(Cc2ccccc2)CC1. The van der Waals surface area contributed by atoms with Gasteiger partial charge in [-0.25, -0.2) is 9.78 Å². The highest BCUT2D eigenvalue weighted by molar-refractivity contribution is 5.74. The van der Waals surface area contributed by atoms with Gasteiger partial charge in [0.2, 0.25) is 0 Å². The van der Waals surface area contributed by atoms with Crippen molar-refractivity contribution < 1.29 is 4.79 Å². The van der Waals surface area contributed by atoms with E-state index < -0.39 is 0 Å². The van der Waals surface area contributed by atoms with Crippen molar-refractivity contribution in [1.29, 1.82) is 0 Å². The maximum Gasteiger partial charge on any atom is 0.317 e. The van der Waals surface area contributed by atoms with E-state index in [2.05, 4.69) is 39.5 Å². The molecule has 0 aliphatic carbocycles. The number of carbonyl (C=O) groups is 1. The second-order valence-corrected chi connectivity index (χ2v) is 6.13. The molecule has 0 unspecified atom stereocenters. The van der Waals surface area contributed by atoms with E-state index in [1.807, 2.05) is 21.7 Å². The van der Waals surface area contributed by atoms with Crippen LogP contribution in [0, 0.1) is 0 Å². The highest BCUT2D eigenvalue weighted by Gasteiger charge is 2.18. The van der Waals surface area contributed by atoms with E-state index in [1.165, 1.54) is 5.56 Å². The third-order valence-corrected chi connectivity index (χ3v) is 4.33. The molecule has 0 radical (unpaired) electrons. The van der Waals surface area contributed by atoms with Gasteiger partial charge in [-0.15, -0.1) is 0 Å². The van der Waals surface area contributed by atoms with Gasteiger partial charge in [-0.3, -0.25) is 4.90 Å². The van der Waals surface area contributed by atoms with Gasteiger partial charge in [0.15, 0.2) is 0 Å². The average molecular weight is 327 g/mol. The zero-order chi connectivity index (χ0) is 16.6. The van der Waals surface area contributed by atoms with E-state index in [0.29, 0.717) is 6.54 Å². The molecule has 0 bridgehead atoms. The highest BCUT2D eigenvalue weighted by atomic mass is 16.2. The Labute approximate surface area is 143 Å². The van der Waals surface area contributed by atoms with Crippen molar-refractivity contribution in [3.63, 3.8) is 0 Å². The van der Waals surface area contributed by atoms with Crippen molar-refractivity contribution >= 4 is 6.03 Å². The lowest BCUT2D eigenvalue weighted by atomic mass is 10.2. The molecule has 0 atom stereocenters. The fraction of sp³-hybridized carbons (Fsp3) is 0.444. The summed E-state index contributed by atoms with van der Waals surface area (Å²) in [4.78, 5) is 20.7. The molecule has 3 rings (SSSR count). The number of nitrogens with zero attached hydrogens (tertiary/aromatic N) is 4. The summed E-state index contributed by atoms with van der Waals surface area (Å²) in [7, 11) is 0. The van der Waals surface area contributed by atoms with Crippen LogP contribution >= 0.6 is 0 Å². The van der Waals surface area contributed by atoms with Gasteiger partial charge in [-0.05, 0) is 12.0 Å². The maximum atomic E-state index is 12.3. The zero-order valence-electron chi connectivity index (χ0n) is 14.0. The lowest BCUT2D eigenvalue weighted by Crippen LogP contribution is -2.42. The number of hydrogen-bond donors (Lipinski definition) is 1. The van der Waals surface area contributed by atoms with Gasteiger partial charge in [-0.2, -0.15) is 0 Å². The molecule has 2 heterocycles. The summed E-state index contributed by atoms with van der Waals surface area (Å²) in [5.74, 6) is 0. The standard InChI is InChI=1S/C18H25N5O/c24-18(20-8-12-22-11-7-19-16-22)23-10-4-9-21(13-14-23)15-17-5-2-1-3-6-17/h1-3,5-7,11,16H,4,8-10,12-15H2,(H,20,24). The smallest absolute Gasteiger partial charge is 0.317 e. The van der Waals surface area contributed by atoms with E-state index in [1.54, 1.807) is 12.5 Å². The first kappa shape index (κ1) is 16.5. The number of benzene rings is 1. The van der Waals surface area contributed by atoms with Crippen molar-refractivity contribution in [2.75, 3.05) is 32.7 Å². The predicted octanol–water partition coefficient (Wildman–Crippen LogP) is 1.80. The second-order valence-electron chi connectivity index (χ2n) is 6.13. The topological polar surface area (TPSA) is 53.4 Å². The van der Waals surface area contributed by atoms with Gasteiger partial charge in [0.1, 0.15) is 0 Å². The van der Waals surface area contributed by atoms with Gasteiger partial charge < -0.3 is 14.8 Å². The Morgan fingerprint density at radius 2 is 2.00 bits per heavy atom. The van der Waals surface area contributed by atoms with Gasteiger partial charge in [0.05, 0.1) is 6.33 Å². The summed E-state index contributed by atoms with van der Waals surface area (Å²) in [6.45, 7) is 5.89. The molecular weight excluding hydrogens is 302 g/mol. The lowest BCUT2D eigenvalue weighted by Gasteiger charge is -2.22. The summed E-state index contributed by atoms with van der Waals surface area (Å²) in [5, 5.41) is 3.00. The summed E-state index contributed by atoms with van der Waals surface area (Å²) >= 11 is 0. The number of amides is 2. The van der Waals surface area contributed by atoms with Crippen LogP contribution in [0.4, 0.5) is 4.79 Å². The Kier molecular flexibility index (Phi) is 5.85. The Morgan fingerprint density at radius 1 is 1.12 bits per heavy atom. The molecule has 2 aromatic rings. The Balaban J connectivity index is 1.42. The molecule has 2 amide bonds. The van der Waals surface area contributed by atoms with Crippen molar-refractivity contribution in [2.24, 2.45) is 0 Å². The number of carbonyl (C=O) groups excluding carboxylic acids is 1. The third-order valence-electron chi connectivity index (χ3n) is 4.33. The largest absolute Gasteiger partial charge is 0.336 e. The molecule has 0 spiro atoms. The van der Waals surface area contributed by atoms with E-state index in [9.17, 15) is 4.79 Å². The molecule has 1 aliphatic rings. The van der Waals surface area contributed by atoms with Gasteiger partial charge in [0.25, 0.3) is 0 Å². The number of rotatable bonds is 5. The van der Waals surface area contributed by atoms with Gasteiger partial charge in [0, 0.05) is 58.2 Å². The first-order valence-electron chi connectivity index (χ1n) is 8.56. The lowest BCUT2D eigenvalue weighted by molar-refractivity contribution is 0.197. The van der Waals surface area contributed by atoms with Crippen LogP contribution in [-0.4, -0.2) is 58.1 Å². The molecule has 0 saturated carbocycles. The highest BCUT2D eigenvalue weighted by Crippen LogP contribution is 2.09. The summed E-state index contributed by atoms with van der Waals surface area (Å²) < 4.78 is 1.96. The second kappa shape index (κ2) is 8.49. The summed E-state index contributed by atoms with van der Waals surface area (Å²) in [5.41, 5.74) is 1.33. The summed E-state index contributed by atoms with van der Waals surface area (Å²) in [6.07, 6.45) is 6.43. The van der Waals surface area contributed by atoms with Crippen molar-refractivity contribution in [3.8, 4) is 0 Å². The van der Waals surface area contributed by atoms with Crippen LogP contribution in [0.15, 0.2) is 49.1 Å². The zero-order valence-corrected chi connectivity index (χ0v) is 14.0. The number of hydrogen-bond acceptors (Lipinski definition) is 3. The number of imidazole rings is 1. The van der Waals surface area contributed by atoms with E-state index in [-0.39, 0.29) is 6.03 Å². The van der Waals surface area contributed by atoms with E-state index >= 15 is 0 Å². The van der Waals surface area contributed by atoms with Crippen LogP contribution in [-0.2, 0) is 13.1 Å². The minimum atomic E-state index is 0.0386. The Morgan fingerprint density at radius 3 is 2.79 bits per heavy atom. The number of urea groups is 1. The predicted molar refractivity (Wildman–Crippen MR) is 93.5 cm³/mol. The Bertz CT molecular complexity index is 614. The first-order chi connectivity index (χ1) is 11.8. The minimum Gasteiger partial charge on any atom is -0.336 e. The Hall–Kier alpha value is -2.34. The van der Waals surface area contributed by atoms with Crippen LogP contribution in [0.5, 0.6) is 0 Å². The van der Waals surface area contributed by atoms with Crippen LogP contribution in [0.3, 0.4) is 0 Å². The molecule has 1 aromatic heterocycles. The van der Waals surface area contributed by atoms with Gasteiger partial charge in [-0.1, -0.05) is 30.3 Å². The monoisotopic (exact) mass is 327 g/mol. The molecular formula is C18H25N5O. The maximum absolute atomic E-state index is 12.3. The summed E-state index contributed by atoms with van der Waals surface area (Å²) in [6, 6.07) is 10.6. The molecule has 128 valence electrons. The molecule has 1 aromatic carbocycles. The molecule has 24 heavy (non-hydrogen) atoms. The van der Waals surface area contributed by atoms with Crippen molar-refractivity contribution in [2.45, 2.75) is 19.5 Å². The fourth-order valence-corrected chi connectivity index (χ4v) is 3.00. The molecule has 1 saturated heterocycles. The molecule has 1 aliphatic heterocycles. The van der Waals surface area contributed by atoms with Crippen LogP contribution in [0.25, 0.3) is 0 Å². The van der Waals surface area contributed by atoms with Crippen LogP contribution < -0.4 is 5.32 Å². The quantitative estimate of drug-likeness (QED) is 0.911. The van der Waals surface area contributed by atoms with Crippen LogP contribution in [0.2, 0.25) is 0 Å². The van der Waals surface area contributed by atoms with E-state index in [0.717, 1.165) is 45.7 Å². The minimum absolute atomic E-state index is 0.0386. The molecule has 1 fully saturated rings. The van der Waals surface area contributed by atoms with E-state index in [4.69, 9.17) is 0 Å². The third kappa shape index (κ3) is 4.83. The normalized spacial score (nSPS) is 15.9. The fourth-order valence-electron chi connectivity index (χ4n) is 3.00. The average Bonchev–Trinajstić information content (AvgIpc) is 3.01. The number of nitrogens with one attached hydrogen (secondary N) is 1. The van der Waals surface area contributed by atoms with Crippen LogP contribution in [0.1, 0.15) is 12.0 Å². The molecule has 6 heteroatoms. The van der Waals surface area contributed by atoms with Gasteiger partial charge >= 0.3 is 6.03 Å².